The van der Waals surface area contributed by atoms with Crippen LogP contribution in [0.25, 0.3) is 16.9 Å². The first kappa shape index (κ1) is 16.0. The van der Waals surface area contributed by atoms with E-state index in [0.29, 0.717) is 6.04 Å². The Hall–Kier alpha value is -2.49. The summed E-state index contributed by atoms with van der Waals surface area (Å²) < 4.78 is 2.21. The molecule has 0 atom stereocenters. The predicted octanol–water partition coefficient (Wildman–Crippen LogP) is 4.73. The monoisotopic (exact) mass is 334 g/mol. The predicted molar refractivity (Wildman–Crippen MR) is 106 cm³/mol. The van der Waals surface area contributed by atoms with Gasteiger partial charge in [-0.1, -0.05) is 31.0 Å². The second-order valence-corrected chi connectivity index (χ2v) is 7.31. The molecule has 4 rings (SSSR count). The van der Waals surface area contributed by atoms with Gasteiger partial charge in [0, 0.05) is 37.6 Å². The molecule has 25 heavy (non-hydrogen) atoms. The number of rotatable bonds is 4. The van der Waals surface area contributed by atoms with E-state index in [1.165, 1.54) is 36.9 Å². The van der Waals surface area contributed by atoms with Crippen molar-refractivity contribution < 1.29 is 0 Å². The molecule has 1 aliphatic carbocycles. The summed E-state index contributed by atoms with van der Waals surface area (Å²) in [6, 6.07) is 13.4. The number of pyridine rings is 1. The maximum atomic E-state index is 4.93. The number of nitrogens with zero attached hydrogens (tertiary/aromatic N) is 3. The lowest BCUT2D eigenvalue weighted by Crippen LogP contribution is -2.16. The summed E-state index contributed by atoms with van der Waals surface area (Å²) in [6.45, 7) is 2.13. The van der Waals surface area contributed by atoms with Gasteiger partial charge < -0.3 is 10.2 Å². The van der Waals surface area contributed by atoms with Gasteiger partial charge in [-0.25, -0.2) is 4.98 Å². The third-order valence-corrected chi connectivity index (χ3v) is 5.12. The highest BCUT2D eigenvalue weighted by atomic mass is 15.1. The molecule has 1 saturated carbocycles. The Labute approximate surface area is 149 Å². The lowest BCUT2D eigenvalue weighted by molar-refractivity contribution is 0.749. The van der Waals surface area contributed by atoms with Gasteiger partial charge in [0.2, 0.25) is 0 Å². The highest BCUT2D eigenvalue weighted by molar-refractivity contribution is 5.77. The van der Waals surface area contributed by atoms with Gasteiger partial charge >= 0.3 is 0 Å². The number of hydrogen-bond acceptors (Lipinski definition) is 3. The summed E-state index contributed by atoms with van der Waals surface area (Å²) in [7, 11) is 4.13. The highest BCUT2D eigenvalue weighted by Crippen LogP contribution is 2.32. The van der Waals surface area contributed by atoms with Gasteiger partial charge in [-0.05, 0) is 43.5 Å². The van der Waals surface area contributed by atoms with Crippen LogP contribution in [0.4, 0.5) is 11.5 Å². The number of aryl methyl sites for hydroxylation is 1. The van der Waals surface area contributed by atoms with Crippen LogP contribution in [0.2, 0.25) is 0 Å². The van der Waals surface area contributed by atoms with Gasteiger partial charge in [-0.15, -0.1) is 0 Å². The molecular formula is C21H26N4. The Kier molecular flexibility index (Phi) is 4.12. The Bertz CT molecular complexity index is 871. The number of anilines is 2. The molecule has 0 spiro atoms. The van der Waals surface area contributed by atoms with Crippen molar-refractivity contribution in [2.75, 3.05) is 24.3 Å². The molecule has 0 radical (unpaired) electrons. The van der Waals surface area contributed by atoms with E-state index < -0.39 is 0 Å². The molecule has 4 heteroatoms. The second kappa shape index (κ2) is 6.43. The van der Waals surface area contributed by atoms with Crippen LogP contribution < -0.4 is 10.2 Å². The Morgan fingerprint density at radius 3 is 2.44 bits per heavy atom. The fraction of sp³-hybridized carbons (Fsp3) is 0.381. The van der Waals surface area contributed by atoms with Crippen molar-refractivity contribution in [3.63, 3.8) is 0 Å². The zero-order valence-electron chi connectivity index (χ0n) is 15.3. The van der Waals surface area contributed by atoms with Crippen molar-refractivity contribution in [2.45, 2.75) is 38.6 Å². The summed E-state index contributed by atoms with van der Waals surface area (Å²) in [5, 5.41) is 3.79. The maximum Gasteiger partial charge on any atom is 0.139 e. The van der Waals surface area contributed by atoms with Gasteiger partial charge in [0.1, 0.15) is 17.2 Å². The lowest BCUT2D eigenvalue weighted by Gasteiger charge is -2.16. The van der Waals surface area contributed by atoms with Crippen LogP contribution in [0.15, 0.2) is 42.6 Å². The average molecular weight is 334 g/mol. The fourth-order valence-corrected chi connectivity index (χ4v) is 3.67. The van der Waals surface area contributed by atoms with E-state index in [-0.39, 0.29) is 0 Å². The molecule has 1 aliphatic rings. The molecular weight excluding hydrogens is 308 g/mol. The Morgan fingerprint density at radius 1 is 1.04 bits per heavy atom. The minimum Gasteiger partial charge on any atom is -0.378 e. The maximum absolute atomic E-state index is 4.93. The van der Waals surface area contributed by atoms with Crippen LogP contribution in [0.5, 0.6) is 0 Å². The number of aromatic nitrogens is 2. The molecule has 2 aromatic heterocycles. The lowest BCUT2D eigenvalue weighted by atomic mass is 10.1. The molecule has 0 saturated heterocycles. The third kappa shape index (κ3) is 3.09. The van der Waals surface area contributed by atoms with Crippen LogP contribution in [-0.2, 0) is 0 Å². The Balaban J connectivity index is 1.80. The van der Waals surface area contributed by atoms with E-state index in [1.807, 2.05) is 0 Å². The Morgan fingerprint density at radius 2 is 1.76 bits per heavy atom. The molecule has 0 bridgehead atoms. The first-order valence-corrected chi connectivity index (χ1v) is 9.15. The van der Waals surface area contributed by atoms with Crippen LogP contribution in [0, 0.1) is 6.92 Å². The molecule has 1 fully saturated rings. The first-order valence-electron chi connectivity index (χ1n) is 9.15. The van der Waals surface area contributed by atoms with Crippen LogP contribution in [0.3, 0.4) is 0 Å². The number of imidazole rings is 1. The van der Waals surface area contributed by atoms with E-state index in [9.17, 15) is 0 Å². The molecule has 1 aromatic carbocycles. The summed E-state index contributed by atoms with van der Waals surface area (Å²) in [4.78, 5) is 7.05. The molecule has 0 amide bonds. The van der Waals surface area contributed by atoms with Gasteiger partial charge in [-0.2, -0.15) is 0 Å². The fourth-order valence-electron chi connectivity index (χ4n) is 3.67. The van der Waals surface area contributed by atoms with E-state index in [2.05, 4.69) is 78.2 Å². The largest absolute Gasteiger partial charge is 0.378 e. The van der Waals surface area contributed by atoms with Crippen LogP contribution in [-0.4, -0.2) is 29.5 Å². The highest BCUT2D eigenvalue weighted by Gasteiger charge is 2.20. The molecule has 4 nitrogen and oxygen atoms in total. The first-order chi connectivity index (χ1) is 12.1. The summed E-state index contributed by atoms with van der Waals surface area (Å²) in [5.41, 5.74) is 5.65. The molecule has 130 valence electrons. The summed E-state index contributed by atoms with van der Waals surface area (Å²) >= 11 is 0. The van der Waals surface area contributed by atoms with Gasteiger partial charge in [0.05, 0.1) is 0 Å². The SMILES string of the molecule is Cc1ccc2nc(-c3ccc(N(C)C)cc3)c(NC3CCCC3)n2c1. The van der Waals surface area contributed by atoms with Gasteiger partial charge in [0.25, 0.3) is 0 Å². The average Bonchev–Trinajstić information content (AvgIpc) is 3.24. The topological polar surface area (TPSA) is 32.6 Å². The molecule has 2 heterocycles. The number of fused-ring (bicyclic) bond motifs is 1. The van der Waals surface area contributed by atoms with Crippen LogP contribution >= 0.6 is 0 Å². The van der Waals surface area contributed by atoms with Crippen molar-refractivity contribution >= 4 is 17.2 Å². The van der Waals surface area contributed by atoms with Crippen molar-refractivity contribution in [3.8, 4) is 11.3 Å². The summed E-state index contributed by atoms with van der Waals surface area (Å²) in [5.74, 6) is 1.13. The van der Waals surface area contributed by atoms with Crippen molar-refractivity contribution in [1.82, 2.24) is 9.38 Å². The summed E-state index contributed by atoms with van der Waals surface area (Å²) in [6.07, 6.45) is 7.31. The zero-order chi connectivity index (χ0) is 17.4. The van der Waals surface area contributed by atoms with Crippen LogP contribution in [0.1, 0.15) is 31.2 Å². The second-order valence-electron chi connectivity index (χ2n) is 7.31. The standard InChI is InChI=1S/C21H26N4/c1-15-8-13-19-23-20(16-9-11-18(12-10-16)24(2)3)21(25(19)14-15)22-17-6-4-5-7-17/h8-14,17,22H,4-7H2,1-3H3. The van der Waals surface area contributed by atoms with Gasteiger partial charge in [0.15, 0.2) is 0 Å². The number of hydrogen-bond donors (Lipinski definition) is 1. The molecule has 1 N–H and O–H groups in total. The van der Waals surface area contributed by atoms with Gasteiger partial charge in [-0.3, -0.25) is 4.40 Å². The van der Waals surface area contributed by atoms with E-state index in [1.54, 1.807) is 0 Å². The van der Waals surface area contributed by atoms with E-state index >= 15 is 0 Å². The molecule has 3 aromatic rings. The van der Waals surface area contributed by atoms with Crippen molar-refractivity contribution in [1.29, 1.82) is 0 Å². The quantitative estimate of drug-likeness (QED) is 0.748. The third-order valence-electron chi connectivity index (χ3n) is 5.12. The number of benzene rings is 1. The van der Waals surface area contributed by atoms with E-state index in [4.69, 9.17) is 4.98 Å². The van der Waals surface area contributed by atoms with Crippen molar-refractivity contribution in [3.05, 3.63) is 48.2 Å². The minimum absolute atomic E-state index is 0.556. The number of nitrogens with one attached hydrogen (secondary N) is 1. The zero-order valence-corrected chi connectivity index (χ0v) is 15.3. The van der Waals surface area contributed by atoms with Crippen molar-refractivity contribution in [2.24, 2.45) is 0 Å². The molecule has 0 unspecified atom stereocenters. The molecule has 0 aliphatic heterocycles. The van der Waals surface area contributed by atoms with E-state index in [0.717, 1.165) is 22.7 Å². The smallest absolute Gasteiger partial charge is 0.139 e. The normalized spacial score (nSPS) is 15.0. The minimum atomic E-state index is 0.556.